The van der Waals surface area contributed by atoms with Crippen molar-refractivity contribution in [2.24, 2.45) is 17.3 Å². The lowest BCUT2D eigenvalue weighted by Crippen LogP contribution is -2.66. The summed E-state index contributed by atoms with van der Waals surface area (Å²) in [6.07, 6.45) is 6.57. The lowest BCUT2D eigenvalue weighted by molar-refractivity contribution is -0.162. The van der Waals surface area contributed by atoms with Crippen LogP contribution < -0.4 is 10.7 Å². The Balaban J connectivity index is 1.13. The highest BCUT2D eigenvalue weighted by atomic mass is 16.5. The molecule has 4 aromatic rings. The summed E-state index contributed by atoms with van der Waals surface area (Å²) in [7, 11) is 7.29. The molecule has 3 aliphatic heterocycles. The highest BCUT2D eigenvalue weighted by Gasteiger charge is 2.44. The van der Waals surface area contributed by atoms with Crippen LogP contribution in [-0.4, -0.2) is 137 Å². The van der Waals surface area contributed by atoms with Crippen LogP contribution in [0.15, 0.2) is 60.8 Å². The number of ether oxygens (including phenoxy) is 2. The minimum absolute atomic E-state index is 0.119. The third-order valence-electron chi connectivity index (χ3n) is 16.0. The number of amides is 4. The molecule has 4 amide bonds. The van der Waals surface area contributed by atoms with Crippen molar-refractivity contribution in [1.29, 1.82) is 0 Å². The molecule has 4 aliphatic rings. The Morgan fingerprint density at radius 2 is 1.73 bits per heavy atom. The Bertz CT molecular complexity index is 2820. The molecule has 3 fully saturated rings. The molecule has 5 atom stereocenters. The van der Waals surface area contributed by atoms with Gasteiger partial charge in [-0.05, 0) is 138 Å². The van der Waals surface area contributed by atoms with Crippen molar-refractivity contribution in [3.05, 3.63) is 77.6 Å². The van der Waals surface area contributed by atoms with E-state index >= 15 is 0 Å². The summed E-state index contributed by atoms with van der Waals surface area (Å²) < 4.78 is 14.4. The van der Waals surface area contributed by atoms with Gasteiger partial charge in [-0.15, -0.1) is 0 Å². The summed E-state index contributed by atoms with van der Waals surface area (Å²) in [6, 6.07) is 16.6. The number of hydrogen-bond donors (Lipinski definition) is 2. The van der Waals surface area contributed by atoms with Crippen LogP contribution in [0.5, 0.6) is 0 Å². The molecule has 5 heterocycles. The van der Waals surface area contributed by atoms with Gasteiger partial charge in [0, 0.05) is 74.8 Å². The summed E-state index contributed by atoms with van der Waals surface area (Å²) in [5.74, 6) is 3.38. The molecule has 0 radical (unpaired) electrons. The number of hydrogen-bond acceptors (Lipinski definition) is 10. The van der Waals surface area contributed by atoms with Crippen molar-refractivity contribution in [2.45, 2.75) is 136 Å². The molecular weight excluding hydrogens is 921 g/mol. The molecule has 1 aliphatic carbocycles. The first kappa shape index (κ1) is 53.2. The van der Waals surface area contributed by atoms with Gasteiger partial charge in [-0.1, -0.05) is 63.9 Å². The number of esters is 1. The quantitative estimate of drug-likeness (QED) is 0.126. The third kappa shape index (κ3) is 10.8. The van der Waals surface area contributed by atoms with Crippen molar-refractivity contribution in [3.63, 3.8) is 0 Å². The van der Waals surface area contributed by atoms with E-state index in [1.54, 1.807) is 32.2 Å². The fourth-order valence-corrected chi connectivity index (χ4v) is 11.4. The topological polar surface area (TPSA) is 159 Å². The van der Waals surface area contributed by atoms with Crippen molar-refractivity contribution >= 4 is 40.5 Å². The van der Waals surface area contributed by atoms with Crippen LogP contribution in [0.2, 0.25) is 0 Å². The zero-order valence-corrected chi connectivity index (χ0v) is 44.9. The van der Waals surface area contributed by atoms with Gasteiger partial charge >= 0.3 is 5.97 Å². The maximum Gasteiger partial charge on any atom is 0.327 e. The zero-order chi connectivity index (χ0) is 52.6. The SMILES string of the molecule is CCn1c(-c2cccnc2[C@H](C)OC)c2c3cc(ccc31)-c1cccc(c1)C[C@H](NC(=O)[C@H](C(C)C)N(C)C(=O)C1CCN(C(=O)C#CC3(N(C)C)CCC3)C1)C(=O)N1CCC[C@@](C)(N1)C(=O)OCC(C)(C)C2. The Morgan fingerprint density at radius 3 is 2.41 bits per heavy atom. The van der Waals surface area contributed by atoms with Gasteiger partial charge in [-0.2, -0.15) is 0 Å². The summed E-state index contributed by atoms with van der Waals surface area (Å²) in [5, 5.41) is 5.63. The number of nitrogens with one attached hydrogen (secondary N) is 2. The monoisotopic (exact) mass is 997 g/mol. The molecule has 73 heavy (non-hydrogen) atoms. The normalized spacial score (nSPS) is 22.7. The van der Waals surface area contributed by atoms with E-state index in [-0.39, 0.29) is 48.9 Å². The summed E-state index contributed by atoms with van der Waals surface area (Å²) >= 11 is 0. The van der Waals surface area contributed by atoms with Crippen molar-refractivity contribution in [2.75, 3.05) is 54.5 Å². The Hall–Kier alpha value is -6.08. The molecule has 390 valence electrons. The van der Waals surface area contributed by atoms with Gasteiger partial charge in [-0.25, -0.2) is 10.2 Å². The van der Waals surface area contributed by atoms with Crippen LogP contribution in [0.3, 0.4) is 0 Å². The molecule has 0 spiro atoms. The predicted molar refractivity (Wildman–Crippen MR) is 282 cm³/mol. The lowest BCUT2D eigenvalue weighted by atomic mass is 9.76. The summed E-state index contributed by atoms with van der Waals surface area (Å²) in [4.78, 5) is 81.7. The van der Waals surface area contributed by atoms with Crippen LogP contribution in [0.1, 0.15) is 110 Å². The number of fused-ring (bicyclic) bond motifs is 6. The predicted octanol–water partition coefficient (Wildman–Crippen LogP) is 6.96. The molecule has 1 saturated carbocycles. The van der Waals surface area contributed by atoms with Crippen LogP contribution in [0, 0.1) is 29.1 Å². The van der Waals surface area contributed by atoms with E-state index in [1.807, 2.05) is 53.1 Å². The Morgan fingerprint density at radius 1 is 0.973 bits per heavy atom. The van der Waals surface area contributed by atoms with Crippen molar-refractivity contribution in [1.82, 2.24) is 40.0 Å². The maximum absolute atomic E-state index is 15.0. The second-order valence-corrected chi connectivity index (χ2v) is 22.4. The number of carbonyl (C=O) groups excluding carboxylic acids is 5. The number of aryl methyl sites for hydroxylation is 1. The lowest BCUT2D eigenvalue weighted by Gasteiger charge is -2.42. The first-order chi connectivity index (χ1) is 34.7. The minimum Gasteiger partial charge on any atom is -0.464 e. The molecule has 15 nitrogen and oxygen atoms in total. The van der Waals surface area contributed by atoms with Gasteiger partial charge in [0.15, 0.2) is 0 Å². The molecule has 2 aromatic heterocycles. The Kier molecular flexibility index (Phi) is 15.6. The van der Waals surface area contributed by atoms with Gasteiger partial charge in [0.05, 0.1) is 35.6 Å². The second kappa shape index (κ2) is 21.4. The van der Waals surface area contributed by atoms with Gasteiger partial charge in [-0.3, -0.25) is 34.1 Å². The average Bonchev–Trinajstić information content (AvgIpc) is 3.97. The van der Waals surface area contributed by atoms with E-state index in [4.69, 9.17) is 14.5 Å². The van der Waals surface area contributed by atoms with Gasteiger partial charge in [0.1, 0.15) is 17.6 Å². The highest BCUT2D eigenvalue weighted by molar-refractivity contribution is 5.97. The number of carbonyl (C=O) groups is 5. The highest BCUT2D eigenvalue weighted by Crippen LogP contribution is 2.42. The molecular formula is C58H76N8O7. The molecule has 2 N–H and O–H groups in total. The van der Waals surface area contributed by atoms with E-state index < -0.39 is 46.7 Å². The standard InChI is InChI=1S/C58H76N8O7/c1-12-65-47-21-20-41-33-44(47)45(51(65)43-19-14-28-59-49(43)38(4)72-11)34-56(5,6)36-73-55(71)57(7)24-16-29-66(61-57)54(70)46(32-39-17-13-18-40(41)31-39)60-52(68)50(37(2)3)63(10)53(69)42-23-30-64(35-42)48(67)22-27-58(62(8)9)25-15-26-58/h13-14,17-21,28,31,33,37-38,42,46,50,61H,12,15-16,23-26,29-30,32,34-36H2,1-11H3,(H,60,68)/t38-,42?,46-,50-,57+/m0/s1. The van der Waals surface area contributed by atoms with Gasteiger partial charge < -0.3 is 29.2 Å². The first-order valence-electron chi connectivity index (χ1n) is 26.2. The molecule has 2 aromatic carbocycles. The van der Waals surface area contributed by atoms with Gasteiger partial charge in [0.2, 0.25) is 11.8 Å². The first-order valence-corrected chi connectivity index (χ1v) is 26.2. The van der Waals surface area contributed by atoms with E-state index in [0.29, 0.717) is 45.3 Å². The number of nitrogens with zero attached hydrogens (tertiary/aromatic N) is 6. The number of aromatic nitrogens is 2. The molecule has 6 bridgehead atoms. The summed E-state index contributed by atoms with van der Waals surface area (Å²) in [6.45, 7) is 15.6. The number of methoxy groups -OCH3 is 1. The number of cyclic esters (lactones) is 1. The molecule has 15 heteroatoms. The molecule has 2 saturated heterocycles. The van der Waals surface area contributed by atoms with E-state index in [9.17, 15) is 24.0 Å². The maximum atomic E-state index is 15.0. The van der Waals surface area contributed by atoms with Crippen molar-refractivity contribution in [3.8, 4) is 34.2 Å². The number of pyridine rings is 1. The number of hydrazine groups is 1. The van der Waals surface area contributed by atoms with Crippen LogP contribution in [-0.2, 0) is 52.8 Å². The van der Waals surface area contributed by atoms with Gasteiger partial charge in [0.25, 0.3) is 11.8 Å². The number of likely N-dealkylation sites (N-methyl/N-ethyl adjacent to an activating group) is 1. The zero-order valence-electron chi connectivity index (χ0n) is 44.9. The average molecular weight is 997 g/mol. The smallest absolute Gasteiger partial charge is 0.327 e. The van der Waals surface area contributed by atoms with E-state index in [2.05, 4.69) is 89.2 Å². The molecule has 1 unspecified atom stereocenters. The fraction of sp³-hybridized carbons (Fsp3) is 0.552. The van der Waals surface area contributed by atoms with Crippen LogP contribution >= 0.6 is 0 Å². The van der Waals surface area contributed by atoms with Crippen molar-refractivity contribution < 1.29 is 33.4 Å². The third-order valence-corrected chi connectivity index (χ3v) is 16.0. The van der Waals surface area contributed by atoms with Crippen LogP contribution in [0.25, 0.3) is 33.3 Å². The number of rotatable bonds is 10. The fourth-order valence-electron chi connectivity index (χ4n) is 11.4. The number of benzene rings is 2. The minimum atomic E-state index is -1.23. The molecule has 8 rings (SSSR count). The summed E-state index contributed by atoms with van der Waals surface area (Å²) in [5.41, 5.74) is 9.00. The van der Waals surface area contributed by atoms with Crippen LogP contribution in [0.4, 0.5) is 0 Å². The van der Waals surface area contributed by atoms with E-state index in [1.165, 1.54) is 9.91 Å². The van der Waals surface area contributed by atoms with E-state index in [0.717, 1.165) is 69.4 Å². The largest absolute Gasteiger partial charge is 0.464 e. The number of likely N-dealkylation sites (tertiary alicyclic amines) is 1. The Labute approximate surface area is 431 Å². The second-order valence-electron chi connectivity index (χ2n) is 22.4.